The van der Waals surface area contributed by atoms with Crippen LogP contribution in [0.3, 0.4) is 0 Å². The van der Waals surface area contributed by atoms with Gasteiger partial charge in [-0.3, -0.25) is 0 Å². The molecule has 1 aromatic rings. The Morgan fingerprint density at radius 3 is 2.69 bits per heavy atom. The first kappa shape index (κ1) is 9.85. The molecule has 0 atom stereocenters. The van der Waals surface area contributed by atoms with Crippen LogP contribution in [-0.2, 0) is 12.8 Å². The summed E-state index contributed by atoms with van der Waals surface area (Å²) in [6, 6.07) is 6.22. The molecule has 1 N–H and O–H groups in total. The van der Waals surface area contributed by atoms with Crippen LogP contribution in [0.1, 0.15) is 23.6 Å². The van der Waals surface area contributed by atoms with Crippen molar-refractivity contribution >= 4 is 0 Å². The van der Waals surface area contributed by atoms with E-state index >= 15 is 0 Å². The average molecular weight is 176 g/mol. The molecule has 0 spiro atoms. The van der Waals surface area contributed by atoms with E-state index in [1.807, 2.05) is 0 Å². The lowest BCUT2D eigenvalue weighted by molar-refractivity contribution is 0.401. The molecule has 0 aromatic heterocycles. The first-order chi connectivity index (χ1) is 6.15. The number of rotatable bonds is 3. The highest BCUT2D eigenvalue weighted by atomic mass is 16.3. The number of aliphatic hydroxyl groups excluding tert-OH is 1. The van der Waals surface area contributed by atoms with Crippen LogP contribution in [0.4, 0.5) is 0 Å². The molecule has 1 rings (SSSR count). The van der Waals surface area contributed by atoms with Crippen LogP contribution in [-0.4, -0.2) is 5.11 Å². The van der Waals surface area contributed by atoms with Gasteiger partial charge in [0.15, 0.2) is 0 Å². The highest BCUT2D eigenvalue weighted by molar-refractivity contribution is 5.36. The van der Waals surface area contributed by atoms with Crippen molar-refractivity contribution in [1.82, 2.24) is 0 Å². The maximum Gasteiger partial charge on any atom is 0.0895 e. The molecule has 1 nitrogen and oxygen atoms in total. The Morgan fingerprint density at radius 2 is 2.15 bits per heavy atom. The number of aliphatic hydroxyl groups is 1. The summed E-state index contributed by atoms with van der Waals surface area (Å²) in [6.07, 6.45) is 1.58. The van der Waals surface area contributed by atoms with Crippen molar-refractivity contribution in [3.63, 3.8) is 0 Å². The van der Waals surface area contributed by atoms with Crippen molar-refractivity contribution in [2.75, 3.05) is 0 Å². The zero-order valence-electron chi connectivity index (χ0n) is 8.30. The standard InChI is InChI=1S/C12H16O/c1-4-11-7-5-6-9(2)12(11)8-10(3)13/h5-7,13H,3-4,8H2,1-2H3. The number of benzene rings is 1. The minimum Gasteiger partial charge on any atom is -0.513 e. The lowest BCUT2D eigenvalue weighted by atomic mass is 9.97. The average Bonchev–Trinajstić information content (AvgIpc) is 2.08. The third-order valence-electron chi connectivity index (χ3n) is 2.27. The Labute approximate surface area is 79.7 Å². The van der Waals surface area contributed by atoms with Gasteiger partial charge in [-0.2, -0.15) is 0 Å². The maximum atomic E-state index is 9.16. The SMILES string of the molecule is C=C(O)Cc1c(C)cccc1CC. The van der Waals surface area contributed by atoms with Gasteiger partial charge in [0.2, 0.25) is 0 Å². The van der Waals surface area contributed by atoms with Gasteiger partial charge in [-0.15, -0.1) is 0 Å². The lowest BCUT2D eigenvalue weighted by Gasteiger charge is -2.10. The quantitative estimate of drug-likeness (QED) is 0.701. The first-order valence-electron chi connectivity index (χ1n) is 4.59. The first-order valence-corrected chi connectivity index (χ1v) is 4.59. The normalized spacial score (nSPS) is 10.0. The molecule has 1 heteroatoms. The van der Waals surface area contributed by atoms with E-state index in [2.05, 4.69) is 38.6 Å². The van der Waals surface area contributed by atoms with Crippen molar-refractivity contribution in [2.24, 2.45) is 0 Å². The van der Waals surface area contributed by atoms with Crippen LogP contribution in [0.2, 0.25) is 0 Å². The summed E-state index contributed by atoms with van der Waals surface area (Å²) >= 11 is 0. The van der Waals surface area contributed by atoms with Gasteiger partial charge in [-0.25, -0.2) is 0 Å². The molecule has 0 saturated carbocycles. The maximum absolute atomic E-state index is 9.16. The summed E-state index contributed by atoms with van der Waals surface area (Å²) in [4.78, 5) is 0. The second-order valence-corrected chi connectivity index (χ2v) is 3.31. The minimum absolute atomic E-state index is 0.240. The highest BCUT2D eigenvalue weighted by Gasteiger charge is 2.04. The second-order valence-electron chi connectivity index (χ2n) is 3.31. The summed E-state index contributed by atoms with van der Waals surface area (Å²) in [5.74, 6) is 0.240. The highest BCUT2D eigenvalue weighted by Crippen LogP contribution is 2.17. The van der Waals surface area contributed by atoms with E-state index in [0.29, 0.717) is 6.42 Å². The predicted molar refractivity (Wildman–Crippen MR) is 56.0 cm³/mol. The molecule has 0 bridgehead atoms. The topological polar surface area (TPSA) is 20.2 Å². The third-order valence-corrected chi connectivity index (χ3v) is 2.27. The minimum atomic E-state index is 0.240. The van der Waals surface area contributed by atoms with Gasteiger partial charge in [0.1, 0.15) is 0 Å². The van der Waals surface area contributed by atoms with Crippen LogP contribution >= 0.6 is 0 Å². The molecular formula is C12H16O. The van der Waals surface area contributed by atoms with Crippen LogP contribution in [0.5, 0.6) is 0 Å². The molecule has 0 amide bonds. The molecule has 0 unspecified atom stereocenters. The summed E-state index contributed by atoms with van der Waals surface area (Å²) in [7, 11) is 0. The Bertz CT molecular complexity index is 313. The molecule has 0 saturated heterocycles. The molecule has 0 aliphatic heterocycles. The van der Waals surface area contributed by atoms with Gasteiger partial charge in [-0.1, -0.05) is 31.7 Å². The molecule has 1 aromatic carbocycles. The van der Waals surface area contributed by atoms with E-state index in [-0.39, 0.29) is 5.76 Å². The fourth-order valence-electron chi connectivity index (χ4n) is 1.55. The molecule has 13 heavy (non-hydrogen) atoms. The zero-order valence-corrected chi connectivity index (χ0v) is 8.30. The van der Waals surface area contributed by atoms with E-state index in [1.165, 1.54) is 16.7 Å². The Hall–Kier alpha value is -1.24. The number of aryl methyl sites for hydroxylation is 2. The van der Waals surface area contributed by atoms with Gasteiger partial charge in [0.25, 0.3) is 0 Å². The molecule has 0 radical (unpaired) electrons. The summed E-state index contributed by atoms with van der Waals surface area (Å²) in [6.45, 7) is 7.71. The van der Waals surface area contributed by atoms with E-state index in [9.17, 15) is 0 Å². The van der Waals surface area contributed by atoms with Crippen molar-refractivity contribution in [3.05, 3.63) is 47.2 Å². The summed E-state index contributed by atoms with van der Waals surface area (Å²) < 4.78 is 0. The van der Waals surface area contributed by atoms with Gasteiger partial charge >= 0.3 is 0 Å². The third kappa shape index (κ3) is 2.35. The zero-order chi connectivity index (χ0) is 9.84. The molecule has 0 aliphatic carbocycles. The van der Waals surface area contributed by atoms with Crippen molar-refractivity contribution in [3.8, 4) is 0 Å². The van der Waals surface area contributed by atoms with E-state index in [1.54, 1.807) is 0 Å². The summed E-state index contributed by atoms with van der Waals surface area (Å²) in [5.41, 5.74) is 3.75. The number of allylic oxidation sites excluding steroid dienone is 1. The predicted octanol–water partition coefficient (Wildman–Crippen LogP) is 3.17. The molecule has 0 fully saturated rings. The van der Waals surface area contributed by atoms with Crippen LogP contribution in [0.25, 0.3) is 0 Å². The van der Waals surface area contributed by atoms with E-state index in [4.69, 9.17) is 5.11 Å². The molecule has 0 aliphatic rings. The largest absolute Gasteiger partial charge is 0.513 e. The van der Waals surface area contributed by atoms with E-state index < -0.39 is 0 Å². The monoisotopic (exact) mass is 176 g/mol. The van der Waals surface area contributed by atoms with Gasteiger partial charge in [0.05, 0.1) is 5.76 Å². The number of hydrogen-bond acceptors (Lipinski definition) is 1. The van der Waals surface area contributed by atoms with Gasteiger partial charge in [0, 0.05) is 6.42 Å². The Morgan fingerprint density at radius 1 is 1.46 bits per heavy atom. The fraction of sp³-hybridized carbons (Fsp3) is 0.333. The summed E-state index contributed by atoms with van der Waals surface area (Å²) in [5, 5.41) is 9.16. The van der Waals surface area contributed by atoms with Crippen LogP contribution in [0.15, 0.2) is 30.5 Å². The Kier molecular flexibility index (Phi) is 3.13. The molecule has 0 heterocycles. The van der Waals surface area contributed by atoms with Crippen LogP contribution < -0.4 is 0 Å². The van der Waals surface area contributed by atoms with E-state index in [0.717, 1.165) is 6.42 Å². The van der Waals surface area contributed by atoms with Crippen molar-refractivity contribution in [1.29, 1.82) is 0 Å². The smallest absolute Gasteiger partial charge is 0.0895 e. The molecule has 70 valence electrons. The number of hydrogen-bond donors (Lipinski definition) is 1. The van der Waals surface area contributed by atoms with Gasteiger partial charge in [-0.05, 0) is 30.0 Å². The van der Waals surface area contributed by atoms with Crippen molar-refractivity contribution in [2.45, 2.75) is 26.7 Å². The second kappa shape index (κ2) is 4.13. The van der Waals surface area contributed by atoms with Crippen molar-refractivity contribution < 1.29 is 5.11 Å². The Balaban J connectivity index is 3.07. The fourth-order valence-corrected chi connectivity index (χ4v) is 1.55. The molecular weight excluding hydrogens is 160 g/mol. The van der Waals surface area contributed by atoms with Crippen LogP contribution in [0, 0.1) is 6.92 Å². The lowest BCUT2D eigenvalue weighted by Crippen LogP contribution is -1.97. The van der Waals surface area contributed by atoms with Gasteiger partial charge < -0.3 is 5.11 Å².